The van der Waals surface area contributed by atoms with Gasteiger partial charge in [-0.05, 0) is 18.8 Å². The summed E-state index contributed by atoms with van der Waals surface area (Å²) in [6.45, 7) is 2.22. The van der Waals surface area contributed by atoms with Gasteiger partial charge in [0.2, 0.25) is 0 Å². The van der Waals surface area contributed by atoms with Crippen LogP contribution in [0.1, 0.15) is 19.8 Å². The zero-order valence-corrected chi connectivity index (χ0v) is 12.5. The monoisotopic (exact) mass is 304 g/mol. The van der Waals surface area contributed by atoms with Crippen LogP contribution in [0, 0.1) is 5.92 Å². The Bertz CT molecular complexity index is 518. The first-order valence-electron chi connectivity index (χ1n) is 6.69. The number of urea groups is 1. The first-order valence-corrected chi connectivity index (χ1v) is 8.52. The van der Waals surface area contributed by atoms with E-state index in [1.54, 1.807) is 7.05 Å². The number of hydrogen-bond donors (Lipinski definition) is 1. The maximum atomic E-state index is 12.4. The molecule has 8 heteroatoms. The lowest BCUT2D eigenvalue weighted by Gasteiger charge is -2.31. The van der Waals surface area contributed by atoms with E-state index in [-0.39, 0.29) is 29.5 Å². The average molecular weight is 304 g/mol. The topological polar surface area (TPSA) is 95.0 Å². The number of carbonyl (C=O) groups is 2. The molecule has 2 fully saturated rings. The van der Waals surface area contributed by atoms with Crippen LogP contribution in [0.4, 0.5) is 4.79 Å². The summed E-state index contributed by atoms with van der Waals surface area (Å²) in [7, 11) is -1.52. The van der Waals surface area contributed by atoms with Gasteiger partial charge in [-0.25, -0.2) is 18.0 Å². The van der Waals surface area contributed by atoms with Crippen molar-refractivity contribution in [2.24, 2.45) is 5.92 Å². The Morgan fingerprint density at radius 1 is 1.30 bits per heavy atom. The number of carboxylic acids is 1. The van der Waals surface area contributed by atoms with Gasteiger partial charge in [0, 0.05) is 19.6 Å². The van der Waals surface area contributed by atoms with Gasteiger partial charge >= 0.3 is 12.0 Å². The molecule has 1 N–H and O–H groups in total. The predicted octanol–water partition coefficient (Wildman–Crippen LogP) is 0.0203. The van der Waals surface area contributed by atoms with Crippen molar-refractivity contribution in [3.63, 3.8) is 0 Å². The third-order valence-electron chi connectivity index (χ3n) is 4.26. The van der Waals surface area contributed by atoms with Crippen LogP contribution < -0.4 is 0 Å². The number of rotatable bonds is 2. The summed E-state index contributed by atoms with van der Waals surface area (Å²) < 4.78 is 22.9. The Labute approximate surface area is 118 Å². The second-order valence-electron chi connectivity index (χ2n) is 5.69. The van der Waals surface area contributed by atoms with Crippen LogP contribution in [-0.4, -0.2) is 72.5 Å². The molecular weight excluding hydrogens is 284 g/mol. The fraction of sp³-hybridized carbons (Fsp3) is 0.833. The number of sulfone groups is 1. The van der Waals surface area contributed by atoms with Gasteiger partial charge in [-0.2, -0.15) is 0 Å². The van der Waals surface area contributed by atoms with Gasteiger partial charge < -0.3 is 14.9 Å². The van der Waals surface area contributed by atoms with Crippen molar-refractivity contribution in [2.75, 3.05) is 25.1 Å². The molecule has 0 saturated carbocycles. The highest BCUT2D eigenvalue weighted by atomic mass is 32.2. The molecule has 3 atom stereocenters. The maximum Gasteiger partial charge on any atom is 0.326 e. The number of likely N-dealkylation sites (tertiary alicyclic amines) is 1. The van der Waals surface area contributed by atoms with E-state index in [4.69, 9.17) is 0 Å². The van der Waals surface area contributed by atoms with Crippen molar-refractivity contribution in [1.82, 2.24) is 9.80 Å². The van der Waals surface area contributed by atoms with Crippen LogP contribution in [0.5, 0.6) is 0 Å². The molecule has 0 aliphatic carbocycles. The second-order valence-corrected chi connectivity index (χ2v) is 7.92. The van der Waals surface area contributed by atoms with Gasteiger partial charge in [0.15, 0.2) is 9.84 Å². The van der Waals surface area contributed by atoms with Crippen molar-refractivity contribution >= 4 is 21.8 Å². The summed E-state index contributed by atoms with van der Waals surface area (Å²) in [5, 5.41) is 9.22. The van der Waals surface area contributed by atoms with Crippen LogP contribution in [0.3, 0.4) is 0 Å². The molecule has 2 rings (SSSR count). The molecule has 0 aromatic rings. The molecule has 2 saturated heterocycles. The average Bonchev–Trinajstić information content (AvgIpc) is 2.90. The summed E-state index contributed by atoms with van der Waals surface area (Å²) in [4.78, 5) is 26.4. The standard InChI is InChI=1S/C12H20N2O5S/c1-8-3-5-14(10(8)11(15)16)12(17)13(2)9-4-6-20(18,19)7-9/h8-10H,3-7H2,1-2H3,(H,15,16). The Kier molecular flexibility index (Phi) is 3.95. The van der Waals surface area contributed by atoms with E-state index in [2.05, 4.69) is 0 Å². The lowest BCUT2D eigenvalue weighted by atomic mass is 10.0. The molecule has 0 bridgehead atoms. The van der Waals surface area contributed by atoms with Gasteiger partial charge in [-0.15, -0.1) is 0 Å². The van der Waals surface area contributed by atoms with Crippen LogP contribution in [-0.2, 0) is 14.6 Å². The van der Waals surface area contributed by atoms with Gasteiger partial charge in [0.25, 0.3) is 0 Å². The first-order chi connectivity index (χ1) is 9.23. The molecule has 0 radical (unpaired) electrons. The Balaban J connectivity index is 2.09. The third-order valence-corrected chi connectivity index (χ3v) is 6.01. The minimum Gasteiger partial charge on any atom is -0.480 e. The molecule has 7 nitrogen and oxygen atoms in total. The maximum absolute atomic E-state index is 12.4. The molecule has 2 aliphatic rings. The number of carboxylic acid groups (broad SMARTS) is 1. The van der Waals surface area contributed by atoms with Crippen molar-refractivity contribution in [3.05, 3.63) is 0 Å². The molecule has 3 unspecified atom stereocenters. The number of nitrogens with zero attached hydrogens (tertiary/aromatic N) is 2. The van der Waals surface area contributed by atoms with E-state index in [0.717, 1.165) is 0 Å². The SMILES string of the molecule is CC1CCN(C(=O)N(C)C2CCS(=O)(=O)C2)C1C(=O)O. The Hall–Kier alpha value is -1.31. The fourth-order valence-corrected chi connectivity index (χ4v) is 4.75. The third kappa shape index (κ3) is 2.74. The van der Waals surface area contributed by atoms with Gasteiger partial charge in [-0.1, -0.05) is 6.92 Å². The summed E-state index contributed by atoms with van der Waals surface area (Å²) >= 11 is 0. The molecule has 2 amide bonds. The number of amides is 2. The van der Waals surface area contributed by atoms with Crippen LogP contribution in [0.2, 0.25) is 0 Å². The van der Waals surface area contributed by atoms with Crippen molar-refractivity contribution in [2.45, 2.75) is 31.8 Å². The number of hydrogen-bond acceptors (Lipinski definition) is 4. The van der Waals surface area contributed by atoms with Gasteiger partial charge in [-0.3, -0.25) is 0 Å². The minimum absolute atomic E-state index is 0.0314. The molecular formula is C12H20N2O5S. The van der Waals surface area contributed by atoms with Crippen LogP contribution in [0.15, 0.2) is 0 Å². The lowest BCUT2D eigenvalue weighted by molar-refractivity contribution is -0.142. The van der Waals surface area contributed by atoms with Crippen LogP contribution >= 0.6 is 0 Å². The van der Waals surface area contributed by atoms with E-state index >= 15 is 0 Å². The molecule has 2 heterocycles. The fourth-order valence-electron chi connectivity index (χ4n) is 2.98. The lowest BCUT2D eigenvalue weighted by Crippen LogP contribution is -2.51. The van der Waals surface area contributed by atoms with Gasteiger partial charge in [0.1, 0.15) is 6.04 Å². The Morgan fingerprint density at radius 2 is 1.95 bits per heavy atom. The van der Waals surface area contributed by atoms with Crippen LogP contribution in [0.25, 0.3) is 0 Å². The molecule has 114 valence electrons. The Morgan fingerprint density at radius 3 is 2.45 bits per heavy atom. The van der Waals surface area contributed by atoms with Crippen molar-refractivity contribution < 1.29 is 23.1 Å². The summed E-state index contributed by atoms with van der Waals surface area (Å²) in [5.74, 6) is -1.03. The molecule has 0 aromatic heterocycles. The molecule has 0 aromatic carbocycles. The highest BCUT2D eigenvalue weighted by molar-refractivity contribution is 7.91. The quantitative estimate of drug-likeness (QED) is 0.776. The zero-order valence-electron chi connectivity index (χ0n) is 11.7. The number of carbonyl (C=O) groups excluding carboxylic acids is 1. The smallest absolute Gasteiger partial charge is 0.326 e. The highest BCUT2D eigenvalue weighted by Gasteiger charge is 2.42. The van der Waals surface area contributed by atoms with Gasteiger partial charge in [0.05, 0.1) is 11.5 Å². The largest absolute Gasteiger partial charge is 0.480 e. The first kappa shape index (κ1) is 15.1. The molecule has 2 aliphatic heterocycles. The second kappa shape index (κ2) is 5.23. The normalized spacial score (nSPS) is 32.3. The highest BCUT2D eigenvalue weighted by Crippen LogP contribution is 2.26. The number of aliphatic carboxylic acids is 1. The van der Waals surface area contributed by atoms with E-state index in [1.807, 2.05) is 6.92 Å². The predicted molar refractivity (Wildman–Crippen MR) is 72.1 cm³/mol. The van der Waals surface area contributed by atoms with Crippen molar-refractivity contribution in [3.8, 4) is 0 Å². The molecule has 0 spiro atoms. The van der Waals surface area contributed by atoms with E-state index < -0.39 is 21.8 Å². The van der Waals surface area contributed by atoms with Crippen molar-refractivity contribution in [1.29, 1.82) is 0 Å². The summed E-state index contributed by atoms with van der Waals surface area (Å²) in [5.41, 5.74) is 0. The summed E-state index contributed by atoms with van der Waals surface area (Å²) in [6.07, 6.45) is 1.07. The molecule has 20 heavy (non-hydrogen) atoms. The summed E-state index contributed by atoms with van der Waals surface area (Å²) in [6, 6.07) is -1.55. The van der Waals surface area contributed by atoms with E-state index in [0.29, 0.717) is 19.4 Å². The zero-order chi connectivity index (χ0) is 15.1. The minimum atomic E-state index is -3.07. The van der Waals surface area contributed by atoms with E-state index in [1.165, 1.54) is 9.80 Å². The van der Waals surface area contributed by atoms with E-state index in [9.17, 15) is 23.1 Å².